The SMILES string of the molecule is Cc1cc(C)c(C(O)c2ccc(Br)s2)c(C)c1Br. The van der Waals surface area contributed by atoms with Crippen LogP contribution in [0.15, 0.2) is 26.5 Å². The van der Waals surface area contributed by atoms with Crippen molar-refractivity contribution in [2.45, 2.75) is 26.9 Å². The molecule has 4 heteroatoms. The van der Waals surface area contributed by atoms with Gasteiger partial charge < -0.3 is 5.11 Å². The Morgan fingerprint density at radius 3 is 2.33 bits per heavy atom. The first kappa shape index (κ1) is 14.3. The maximum absolute atomic E-state index is 10.6. The lowest BCUT2D eigenvalue weighted by atomic mass is 9.95. The van der Waals surface area contributed by atoms with Crippen LogP contribution in [0.4, 0.5) is 0 Å². The Balaban J connectivity index is 2.54. The second-order valence-corrected chi connectivity index (χ2v) is 7.70. The summed E-state index contributed by atoms with van der Waals surface area (Å²) in [7, 11) is 0. The van der Waals surface area contributed by atoms with Gasteiger partial charge in [0.2, 0.25) is 0 Å². The standard InChI is InChI=1S/C14H14Br2OS/c1-7-6-8(2)13(16)9(3)12(7)14(17)10-4-5-11(15)18-10/h4-6,14,17H,1-3H3. The molecule has 1 unspecified atom stereocenters. The predicted molar refractivity (Wildman–Crippen MR) is 84.4 cm³/mol. The van der Waals surface area contributed by atoms with Gasteiger partial charge in [-0.3, -0.25) is 0 Å². The summed E-state index contributed by atoms with van der Waals surface area (Å²) in [5.74, 6) is 0. The molecule has 2 rings (SSSR count). The highest BCUT2D eigenvalue weighted by Gasteiger charge is 2.19. The highest BCUT2D eigenvalue weighted by molar-refractivity contribution is 9.11. The van der Waals surface area contributed by atoms with Crippen LogP contribution in [-0.2, 0) is 0 Å². The summed E-state index contributed by atoms with van der Waals surface area (Å²) >= 11 is 8.60. The van der Waals surface area contributed by atoms with Gasteiger partial charge >= 0.3 is 0 Å². The van der Waals surface area contributed by atoms with Gasteiger partial charge in [-0.2, -0.15) is 0 Å². The Hall–Kier alpha value is -0.160. The zero-order valence-corrected chi connectivity index (χ0v) is 14.4. The van der Waals surface area contributed by atoms with E-state index in [1.165, 1.54) is 5.56 Å². The maximum atomic E-state index is 10.6. The van der Waals surface area contributed by atoms with Gasteiger partial charge in [-0.15, -0.1) is 11.3 Å². The van der Waals surface area contributed by atoms with E-state index < -0.39 is 6.10 Å². The van der Waals surface area contributed by atoms with E-state index >= 15 is 0 Å². The molecule has 0 aliphatic rings. The molecule has 0 saturated heterocycles. The third kappa shape index (κ3) is 2.57. The number of aliphatic hydroxyl groups is 1. The van der Waals surface area contributed by atoms with E-state index in [0.29, 0.717) is 0 Å². The fourth-order valence-electron chi connectivity index (χ4n) is 2.21. The minimum Gasteiger partial charge on any atom is -0.383 e. The monoisotopic (exact) mass is 388 g/mol. The molecule has 0 bridgehead atoms. The zero-order chi connectivity index (χ0) is 13.4. The summed E-state index contributed by atoms with van der Waals surface area (Å²) in [4.78, 5) is 0.962. The van der Waals surface area contributed by atoms with Gasteiger partial charge in [-0.25, -0.2) is 0 Å². The van der Waals surface area contributed by atoms with Crippen molar-refractivity contribution >= 4 is 43.2 Å². The van der Waals surface area contributed by atoms with Crippen molar-refractivity contribution in [1.29, 1.82) is 0 Å². The van der Waals surface area contributed by atoms with Crippen molar-refractivity contribution < 1.29 is 5.11 Å². The summed E-state index contributed by atoms with van der Waals surface area (Å²) in [5.41, 5.74) is 4.45. The quantitative estimate of drug-likeness (QED) is 0.740. The average Bonchev–Trinajstić information content (AvgIpc) is 2.73. The van der Waals surface area contributed by atoms with Gasteiger partial charge in [0.25, 0.3) is 0 Å². The number of benzene rings is 1. The van der Waals surface area contributed by atoms with Gasteiger partial charge in [0.1, 0.15) is 6.10 Å². The molecule has 0 saturated carbocycles. The van der Waals surface area contributed by atoms with Crippen molar-refractivity contribution in [2.75, 3.05) is 0 Å². The molecule has 0 radical (unpaired) electrons. The van der Waals surface area contributed by atoms with E-state index in [9.17, 15) is 5.11 Å². The van der Waals surface area contributed by atoms with E-state index in [-0.39, 0.29) is 0 Å². The van der Waals surface area contributed by atoms with Crippen LogP contribution in [-0.4, -0.2) is 5.11 Å². The molecule has 0 spiro atoms. The first-order valence-electron chi connectivity index (χ1n) is 5.61. The molecule has 2 aromatic rings. The molecule has 96 valence electrons. The van der Waals surface area contributed by atoms with Crippen LogP contribution in [0.1, 0.15) is 33.2 Å². The molecule has 0 fully saturated rings. The number of hydrogen-bond acceptors (Lipinski definition) is 2. The van der Waals surface area contributed by atoms with Gasteiger partial charge in [-0.1, -0.05) is 22.0 Å². The van der Waals surface area contributed by atoms with E-state index in [1.807, 2.05) is 26.0 Å². The molecular weight excluding hydrogens is 376 g/mol. The average molecular weight is 390 g/mol. The van der Waals surface area contributed by atoms with Gasteiger partial charge in [0, 0.05) is 9.35 Å². The Labute approximate surface area is 128 Å². The van der Waals surface area contributed by atoms with Crippen LogP contribution in [0.25, 0.3) is 0 Å². The van der Waals surface area contributed by atoms with Crippen LogP contribution in [0.2, 0.25) is 0 Å². The van der Waals surface area contributed by atoms with Crippen molar-refractivity contribution in [1.82, 2.24) is 0 Å². The smallest absolute Gasteiger partial charge is 0.114 e. The predicted octanol–water partition coefficient (Wildman–Crippen LogP) is 5.28. The number of halogens is 2. The van der Waals surface area contributed by atoms with Crippen molar-refractivity contribution in [3.8, 4) is 0 Å². The molecule has 0 aliphatic carbocycles. The molecule has 1 aromatic heterocycles. The minimum absolute atomic E-state index is 0.557. The second kappa shape index (κ2) is 5.45. The topological polar surface area (TPSA) is 20.2 Å². The number of hydrogen-bond donors (Lipinski definition) is 1. The normalized spacial score (nSPS) is 12.8. The summed E-state index contributed by atoms with van der Waals surface area (Å²) in [6, 6.07) is 6.04. The zero-order valence-electron chi connectivity index (χ0n) is 10.4. The van der Waals surface area contributed by atoms with Crippen molar-refractivity contribution in [3.63, 3.8) is 0 Å². The highest BCUT2D eigenvalue weighted by atomic mass is 79.9. The third-order valence-corrected chi connectivity index (χ3v) is 5.97. The van der Waals surface area contributed by atoms with E-state index in [1.54, 1.807) is 11.3 Å². The summed E-state index contributed by atoms with van der Waals surface area (Å²) in [6.07, 6.45) is -0.557. The van der Waals surface area contributed by atoms with Gasteiger partial charge in [0.05, 0.1) is 3.79 Å². The number of aliphatic hydroxyl groups excluding tert-OH is 1. The lowest BCUT2D eigenvalue weighted by molar-refractivity contribution is 0.222. The molecule has 1 heterocycles. The number of thiophene rings is 1. The first-order chi connectivity index (χ1) is 8.41. The molecule has 1 nitrogen and oxygen atoms in total. The molecule has 1 N–H and O–H groups in total. The number of aryl methyl sites for hydroxylation is 2. The Morgan fingerprint density at radius 2 is 1.78 bits per heavy atom. The second-order valence-electron chi connectivity index (χ2n) is 4.41. The van der Waals surface area contributed by atoms with E-state index in [0.717, 1.165) is 29.8 Å². The largest absolute Gasteiger partial charge is 0.383 e. The minimum atomic E-state index is -0.557. The van der Waals surface area contributed by atoms with Crippen molar-refractivity contribution in [3.05, 3.63) is 53.6 Å². The molecule has 0 amide bonds. The molecule has 1 aromatic carbocycles. The number of rotatable bonds is 2. The molecule has 1 atom stereocenters. The molecule has 0 aliphatic heterocycles. The highest BCUT2D eigenvalue weighted by Crippen LogP contribution is 2.37. The Kier molecular flexibility index (Phi) is 4.32. The third-order valence-electron chi connectivity index (χ3n) is 3.07. The Morgan fingerprint density at radius 1 is 1.11 bits per heavy atom. The van der Waals surface area contributed by atoms with Gasteiger partial charge in [0.15, 0.2) is 0 Å². The summed E-state index contributed by atoms with van der Waals surface area (Å²) in [6.45, 7) is 6.17. The first-order valence-corrected chi connectivity index (χ1v) is 8.01. The van der Waals surface area contributed by atoms with Crippen LogP contribution in [0, 0.1) is 20.8 Å². The maximum Gasteiger partial charge on any atom is 0.114 e. The van der Waals surface area contributed by atoms with Crippen LogP contribution < -0.4 is 0 Å². The van der Waals surface area contributed by atoms with Gasteiger partial charge in [-0.05, 0) is 71.1 Å². The fourth-order valence-corrected chi connectivity index (χ4v) is 3.96. The Bertz CT molecular complexity index is 590. The fraction of sp³-hybridized carbons (Fsp3) is 0.286. The van der Waals surface area contributed by atoms with E-state index in [2.05, 4.69) is 44.8 Å². The van der Waals surface area contributed by atoms with Crippen LogP contribution in [0.5, 0.6) is 0 Å². The summed E-state index contributed by atoms with van der Waals surface area (Å²) in [5, 5.41) is 10.6. The lowest BCUT2D eigenvalue weighted by Crippen LogP contribution is -2.04. The van der Waals surface area contributed by atoms with Crippen molar-refractivity contribution in [2.24, 2.45) is 0 Å². The summed E-state index contributed by atoms with van der Waals surface area (Å²) < 4.78 is 2.12. The lowest BCUT2D eigenvalue weighted by Gasteiger charge is -2.18. The molecular formula is C14H14Br2OS. The van der Waals surface area contributed by atoms with Crippen LogP contribution in [0.3, 0.4) is 0 Å². The van der Waals surface area contributed by atoms with E-state index in [4.69, 9.17) is 0 Å². The molecule has 18 heavy (non-hydrogen) atoms. The van der Waals surface area contributed by atoms with Crippen LogP contribution >= 0.6 is 43.2 Å².